The summed E-state index contributed by atoms with van der Waals surface area (Å²) in [5.41, 5.74) is 0.869. The maximum Gasteiger partial charge on any atom is 0.244 e. The lowest BCUT2D eigenvalue weighted by Gasteiger charge is -2.26. The molecule has 9 heteroatoms. The molecule has 1 aliphatic heterocycles. The molecule has 0 saturated carbocycles. The van der Waals surface area contributed by atoms with Crippen molar-refractivity contribution in [1.29, 1.82) is 0 Å². The summed E-state index contributed by atoms with van der Waals surface area (Å²) in [4.78, 5) is 15.9. The number of anilines is 1. The average molecular weight is 423 g/mol. The summed E-state index contributed by atoms with van der Waals surface area (Å²) in [5.74, 6) is -1.55. The molecule has 2 aromatic carbocycles. The Labute approximate surface area is 169 Å². The molecule has 0 aromatic heterocycles. The number of nitrogens with one attached hydrogen (secondary N) is 1. The van der Waals surface area contributed by atoms with E-state index in [1.54, 1.807) is 17.0 Å². The van der Waals surface area contributed by atoms with E-state index in [4.69, 9.17) is 0 Å². The lowest BCUT2D eigenvalue weighted by Crippen LogP contribution is -2.48. The molecule has 1 heterocycles. The molecule has 1 saturated heterocycles. The van der Waals surface area contributed by atoms with E-state index in [9.17, 15) is 22.0 Å². The highest BCUT2D eigenvalue weighted by atomic mass is 32.2. The second kappa shape index (κ2) is 8.87. The minimum absolute atomic E-state index is 0.309. The average Bonchev–Trinajstić information content (AvgIpc) is 2.94. The van der Waals surface area contributed by atoms with Crippen molar-refractivity contribution in [3.05, 3.63) is 60.2 Å². The number of carbonyl (C=O) groups excluding carboxylic acids is 1. The zero-order valence-electron chi connectivity index (χ0n) is 16.0. The van der Waals surface area contributed by atoms with Gasteiger partial charge in [-0.15, -0.1) is 0 Å². The largest absolute Gasteiger partial charge is 0.370 e. The van der Waals surface area contributed by atoms with Gasteiger partial charge in [-0.05, 0) is 49.7 Å². The second-order valence-electron chi connectivity index (χ2n) is 6.92. The predicted molar refractivity (Wildman–Crippen MR) is 106 cm³/mol. The SMILES string of the molecule is C[C@H](NS(=O)(=O)c1ccccc1F)C(=O)N1CCCN(c2ccc(F)cc2)CC1. The molecule has 1 atom stereocenters. The topological polar surface area (TPSA) is 69.7 Å². The van der Waals surface area contributed by atoms with Crippen LogP contribution in [0.25, 0.3) is 0 Å². The van der Waals surface area contributed by atoms with Crippen molar-refractivity contribution in [2.24, 2.45) is 0 Å². The third-order valence-electron chi connectivity index (χ3n) is 4.83. The Morgan fingerprint density at radius 2 is 1.69 bits per heavy atom. The van der Waals surface area contributed by atoms with E-state index in [0.717, 1.165) is 17.8 Å². The van der Waals surface area contributed by atoms with Crippen LogP contribution in [0.5, 0.6) is 0 Å². The van der Waals surface area contributed by atoms with Crippen LogP contribution in [0, 0.1) is 11.6 Å². The van der Waals surface area contributed by atoms with Crippen molar-refractivity contribution in [2.45, 2.75) is 24.3 Å². The standard InChI is InChI=1S/C20H23F2N3O3S/c1-15(23-29(27,28)19-6-3-2-5-18(19)22)20(26)25-12-4-11-24(13-14-25)17-9-7-16(21)8-10-17/h2-3,5-10,15,23H,4,11-14H2,1H3/t15-/m0/s1. The van der Waals surface area contributed by atoms with Gasteiger partial charge in [0.2, 0.25) is 15.9 Å². The van der Waals surface area contributed by atoms with E-state index >= 15 is 0 Å². The minimum Gasteiger partial charge on any atom is -0.370 e. The van der Waals surface area contributed by atoms with Crippen LogP contribution in [-0.4, -0.2) is 51.4 Å². The molecule has 6 nitrogen and oxygen atoms in total. The van der Waals surface area contributed by atoms with Gasteiger partial charge in [0.1, 0.15) is 16.5 Å². The summed E-state index contributed by atoms with van der Waals surface area (Å²) >= 11 is 0. The molecule has 156 valence electrons. The number of nitrogens with zero attached hydrogens (tertiary/aromatic N) is 2. The smallest absolute Gasteiger partial charge is 0.244 e. The van der Waals surface area contributed by atoms with Crippen molar-refractivity contribution < 1.29 is 22.0 Å². The number of benzene rings is 2. The van der Waals surface area contributed by atoms with Gasteiger partial charge in [-0.3, -0.25) is 4.79 Å². The first-order valence-electron chi connectivity index (χ1n) is 9.34. The highest BCUT2D eigenvalue weighted by Crippen LogP contribution is 2.18. The van der Waals surface area contributed by atoms with Crippen LogP contribution < -0.4 is 9.62 Å². The molecule has 0 aliphatic carbocycles. The normalized spacial score (nSPS) is 16.4. The lowest BCUT2D eigenvalue weighted by atomic mass is 10.2. The summed E-state index contributed by atoms with van der Waals surface area (Å²) in [6, 6.07) is 10.2. The van der Waals surface area contributed by atoms with Crippen molar-refractivity contribution >= 4 is 21.6 Å². The summed E-state index contributed by atoms with van der Waals surface area (Å²) in [6.45, 7) is 3.57. The Morgan fingerprint density at radius 1 is 1.00 bits per heavy atom. The Morgan fingerprint density at radius 3 is 2.38 bits per heavy atom. The molecular formula is C20H23F2N3O3S. The van der Waals surface area contributed by atoms with Gasteiger partial charge in [-0.2, -0.15) is 4.72 Å². The van der Waals surface area contributed by atoms with Gasteiger partial charge in [0.25, 0.3) is 0 Å². The maximum atomic E-state index is 13.8. The van der Waals surface area contributed by atoms with E-state index in [-0.39, 0.29) is 11.7 Å². The van der Waals surface area contributed by atoms with Gasteiger partial charge in [0, 0.05) is 31.9 Å². The van der Waals surface area contributed by atoms with Crippen molar-refractivity contribution in [3.63, 3.8) is 0 Å². The number of carbonyl (C=O) groups is 1. The molecule has 1 N–H and O–H groups in total. The molecule has 0 bridgehead atoms. The van der Waals surface area contributed by atoms with Crippen molar-refractivity contribution in [2.75, 3.05) is 31.1 Å². The second-order valence-corrected chi connectivity index (χ2v) is 8.60. The molecular weight excluding hydrogens is 400 g/mol. The monoisotopic (exact) mass is 423 g/mol. The lowest BCUT2D eigenvalue weighted by molar-refractivity contribution is -0.132. The molecule has 0 radical (unpaired) electrons. The number of amides is 1. The molecule has 1 amide bonds. The van der Waals surface area contributed by atoms with Crippen LogP contribution >= 0.6 is 0 Å². The molecule has 0 unspecified atom stereocenters. The number of hydrogen-bond donors (Lipinski definition) is 1. The van der Waals surface area contributed by atoms with E-state index < -0.39 is 26.8 Å². The highest BCUT2D eigenvalue weighted by molar-refractivity contribution is 7.89. The minimum atomic E-state index is -4.16. The summed E-state index contributed by atoms with van der Waals surface area (Å²) in [6.07, 6.45) is 0.690. The number of halogens is 2. The third kappa shape index (κ3) is 5.10. The molecule has 1 aliphatic rings. The van der Waals surface area contributed by atoms with Gasteiger partial charge in [0.05, 0.1) is 6.04 Å². The summed E-state index contributed by atoms with van der Waals surface area (Å²) in [7, 11) is -4.16. The molecule has 1 fully saturated rings. The van der Waals surface area contributed by atoms with Crippen LogP contribution in [-0.2, 0) is 14.8 Å². The number of rotatable bonds is 5. The van der Waals surface area contributed by atoms with Crippen LogP contribution in [0.4, 0.5) is 14.5 Å². The van der Waals surface area contributed by atoms with E-state index in [1.807, 2.05) is 0 Å². The summed E-state index contributed by atoms with van der Waals surface area (Å²) in [5, 5.41) is 0. The first-order chi connectivity index (χ1) is 13.8. The molecule has 0 spiro atoms. The van der Waals surface area contributed by atoms with Gasteiger partial charge < -0.3 is 9.80 Å². The fourth-order valence-electron chi connectivity index (χ4n) is 3.33. The van der Waals surface area contributed by atoms with Gasteiger partial charge in [0.15, 0.2) is 0 Å². The van der Waals surface area contributed by atoms with Gasteiger partial charge in [-0.1, -0.05) is 12.1 Å². The van der Waals surface area contributed by atoms with Crippen LogP contribution in [0.15, 0.2) is 53.4 Å². The van der Waals surface area contributed by atoms with Crippen molar-refractivity contribution in [3.8, 4) is 0 Å². The third-order valence-corrected chi connectivity index (χ3v) is 6.40. The van der Waals surface area contributed by atoms with Crippen LogP contribution in [0.1, 0.15) is 13.3 Å². The van der Waals surface area contributed by atoms with Gasteiger partial charge >= 0.3 is 0 Å². The van der Waals surface area contributed by atoms with Crippen LogP contribution in [0.3, 0.4) is 0 Å². The van der Waals surface area contributed by atoms with E-state index in [1.165, 1.54) is 31.2 Å². The number of hydrogen-bond acceptors (Lipinski definition) is 4. The molecule has 29 heavy (non-hydrogen) atoms. The fraction of sp³-hybridized carbons (Fsp3) is 0.350. The predicted octanol–water partition coefficient (Wildman–Crippen LogP) is 2.37. The zero-order chi connectivity index (χ0) is 21.0. The van der Waals surface area contributed by atoms with E-state index in [2.05, 4.69) is 9.62 Å². The maximum absolute atomic E-state index is 13.8. The van der Waals surface area contributed by atoms with Crippen molar-refractivity contribution in [1.82, 2.24) is 9.62 Å². The Balaban J connectivity index is 1.64. The number of sulfonamides is 1. The zero-order valence-corrected chi connectivity index (χ0v) is 16.8. The first kappa shape index (κ1) is 21.2. The van der Waals surface area contributed by atoms with E-state index in [0.29, 0.717) is 32.6 Å². The van der Waals surface area contributed by atoms with Crippen LogP contribution in [0.2, 0.25) is 0 Å². The highest BCUT2D eigenvalue weighted by Gasteiger charge is 2.28. The first-order valence-corrected chi connectivity index (χ1v) is 10.8. The Hall–Kier alpha value is -2.52. The Kier molecular flexibility index (Phi) is 6.49. The Bertz CT molecular complexity index is 967. The molecule has 3 rings (SSSR count). The summed E-state index contributed by atoms with van der Waals surface area (Å²) < 4.78 is 54.1. The fourth-order valence-corrected chi connectivity index (χ4v) is 4.61. The van der Waals surface area contributed by atoms with Gasteiger partial charge in [-0.25, -0.2) is 17.2 Å². The molecule has 2 aromatic rings. The quantitative estimate of drug-likeness (QED) is 0.802.